The lowest BCUT2D eigenvalue weighted by molar-refractivity contribution is -0.123. The van der Waals surface area contributed by atoms with Crippen molar-refractivity contribution in [2.75, 3.05) is 13.7 Å². The molecule has 0 aliphatic heterocycles. The van der Waals surface area contributed by atoms with E-state index in [1.54, 1.807) is 19.5 Å². The van der Waals surface area contributed by atoms with Gasteiger partial charge in [0.2, 0.25) is 5.91 Å². The number of carbonyl (C=O) groups excluding carboxylic acids is 1. The third-order valence-corrected chi connectivity index (χ3v) is 2.51. The van der Waals surface area contributed by atoms with E-state index in [1.165, 1.54) is 0 Å². The molecule has 1 amide bonds. The van der Waals surface area contributed by atoms with E-state index in [9.17, 15) is 4.79 Å². The number of hydrogen-bond donors (Lipinski definition) is 2. The number of hydrogen-bond acceptors (Lipinski definition) is 4. The Morgan fingerprint density at radius 1 is 1.65 bits per heavy atom. The highest BCUT2D eigenvalue weighted by molar-refractivity contribution is 5.81. The highest BCUT2D eigenvalue weighted by atomic mass is 16.5. The zero-order valence-electron chi connectivity index (χ0n) is 10.2. The summed E-state index contributed by atoms with van der Waals surface area (Å²) in [4.78, 5) is 15.7. The number of amides is 1. The third-order valence-electron chi connectivity index (χ3n) is 2.51. The van der Waals surface area contributed by atoms with E-state index >= 15 is 0 Å². The van der Waals surface area contributed by atoms with Gasteiger partial charge in [0.25, 0.3) is 0 Å². The molecule has 0 aromatic carbocycles. The van der Waals surface area contributed by atoms with Crippen LogP contribution >= 0.6 is 0 Å². The van der Waals surface area contributed by atoms with Gasteiger partial charge in [-0.15, -0.1) is 0 Å². The second kappa shape index (κ2) is 6.98. The lowest BCUT2D eigenvalue weighted by Gasteiger charge is -2.17. The predicted molar refractivity (Wildman–Crippen MR) is 65.3 cm³/mol. The smallest absolute Gasteiger partial charge is 0.237 e. The standard InChI is InChI=1S/C12H19N3O2/c1-9(10-4-3-6-14-8-10)15-12(16)11(13)5-7-17-2/h3-4,6,8-9,11H,5,7,13H2,1-2H3,(H,15,16)/t9-,11?/m0/s1. The molecule has 0 aliphatic rings. The second-order valence-corrected chi connectivity index (χ2v) is 3.90. The molecule has 0 spiro atoms. The first-order valence-corrected chi connectivity index (χ1v) is 5.60. The zero-order chi connectivity index (χ0) is 12.7. The molecule has 0 saturated heterocycles. The number of methoxy groups -OCH3 is 1. The first kappa shape index (κ1) is 13.6. The number of ether oxygens (including phenoxy) is 1. The SMILES string of the molecule is COCCC(N)C(=O)N[C@@H](C)c1cccnc1. The topological polar surface area (TPSA) is 77.2 Å². The fourth-order valence-electron chi connectivity index (χ4n) is 1.41. The zero-order valence-corrected chi connectivity index (χ0v) is 10.2. The van der Waals surface area contributed by atoms with Crippen molar-refractivity contribution < 1.29 is 9.53 Å². The molecule has 1 rings (SSSR count). The first-order valence-electron chi connectivity index (χ1n) is 5.60. The van der Waals surface area contributed by atoms with Gasteiger partial charge in [-0.1, -0.05) is 6.07 Å². The minimum atomic E-state index is -0.533. The van der Waals surface area contributed by atoms with Gasteiger partial charge in [-0.3, -0.25) is 9.78 Å². The maximum absolute atomic E-state index is 11.7. The van der Waals surface area contributed by atoms with Crippen LogP contribution in [-0.2, 0) is 9.53 Å². The molecule has 1 heterocycles. The Kier molecular flexibility index (Phi) is 5.59. The number of nitrogens with zero attached hydrogens (tertiary/aromatic N) is 1. The van der Waals surface area contributed by atoms with E-state index in [0.29, 0.717) is 13.0 Å². The molecule has 17 heavy (non-hydrogen) atoms. The van der Waals surface area contributed by atoms with E-state index in [2.05, 4.69) is 10.3 Å². The van der Waals surface area contributed by atoms with Crippen LogP contribution in [0.2, 0.25) is 0 Å². The number of pyridine rings is 1. The van der Waals surface area contributed by atoms with Crippen molar-refractivity contribution >= 4 is 5.91 Å². The summed E-state index contributed by atoms with van der Waals surface area (Å²) < 4.78 is 4.88. The molecule has 0 aliphatic carbocycles. The molecule has 3 N–H and O–H groups in total. The molecule has 94 valence electrons. The maximum Gasteiger partial charge on any atom is 0.237 e. The van der Waals surface area contributed by atoms with Crippen molar-refractivity contribution in [3.8, 4) is 0 Å². The van der Waals surface area contributed by atoms with Gasteiger partial charge < -0.3 is 15.8 Å². The lowest BCUT2D eigenvalue weighted by atomic mass is 10.1. The van der Waals surface area contributed by atoms with Crippen molar-refractivity contribution in [1.82, 2.24) is 10.3 Å². The van der Waals surface area contributed by atoms with Crippen LogP contribution in [0.1, 0.15) is 24.9 Å². The van der Waals surface area contributed by atoms with Gasteiger partial charge in [0.15, 0.2) is 0 Å². The molecule has 1 aromatic rings. The van der Waals surface area contributed by atoms with Gasteiger partial charge >= 0.3 is 0 Å². The van der Waals surface area contributed by atoms with Crippen LogP contribution in [0.5, 0.6) is 0 Å². The Morgan fingerprint density at radius 2 is 2.41 bits per heavy atom. The van der Waals surface area contributed by atoms with Crippen molar-refractivity contribution in [3.05, 3.63) is 30.1 Å². The van der Waals surface area contributed by atoms with E-state index < -0.39 is 6.04 Å². The summed E-state index contributed by atoms with van der Waals surface area (Å²) in [5.74, 6) is -0.168. The Labute approximate surface area is 101 Å². The number of nitrogens with two attached hydrogens (primary N) is 1. The van der Waals surface area contributed by atoms with E-state index in [0.717, 1.165) is 5.56 Å². The average molecular weight is 237 g/mol. The number of carbonyl (C=O) groups is 1. The highest BCUT2D eigenvalue weighted by Crippen LogP contribution is 2.09. The molecular weight excluding hydrogens is 218 g/mol. The van der Waals surface area contributed by atoms with Gasteiger partial charge in [-0.2, -0.15) is 0 Å². The molecule has 0 saturated carbocycles. The highest BCUT2D eigenvalue weighted by Gasteiger charge is 2.16. The van der Waals surface area contributed by atoms with Crippen molar-refractivity contribution in [2.45, 2.75) is 25.4 Å². The fourth-order valence-corrected chi connectivity index (χ4v) is 1.41. The summed E-state index contributed by atoms with van der Waals surface area (Å²) >= 11 is 0. The van der Waals surface area contributed by atoms with E-state index in [1.807, 2.05) is 19.1 Å². The predicted octanol–water partition coefficient (Wildman–Crippen LogP) is 0.623. The summed E-state index contributed by atoms with van der Waals surface area (Å²) in [5, 5.41) is 2.85. The minimum Gasteiger partial charge on any atom is -0.385 e. The summed E-state index contributed by atoms with van der Waals surface area (Å²) in [7, 11) is 1.59. The molecule has 5 nitrogen and oxygen atoms in total. The van der Waals surface area contributed by atoms with Crippen LogP contribution in [0.15, 0.2) is 24.5 Å². The van der Waals surface area contributed by atoms with Crippen LogP contribution in [0.4, 0.5) is 0 Å². The quantitative estimate of drug-likeness (QED) is 0.760. The monoisotopic (exact) mass is 237 g/mol. The van der Waals surface area contributed by atoms with Crippen molar-refractivity contribution in [3.63, 3.8) is 0 Å². The Morgan fingerprint density at radius 3 is 3.00 bits per heavy atom. The maximum atomic E-state index is 11.7. The van der Waals surface area contributed by atoms with E-state index in [-0.39, 0.29) is 11.9 Å². The second-order valence-electron chi connectivity index (χ2n) is 3.90. The molecule has 2 atom stereocenters. The minimum absolute atomic E-state index is 0.0928. The third kappa shape index (κ3) is 4.50. The van der Waals surface area contributed by atoms with Gasteiger partial charge in [-0.05, 0) is 25.0 Å². The summed E-state index contributed by atoms with van der Waals surface area (Å²) in [6.07, 6.45) is 3.94. The van der Waals surface area contributed by atoms with Crippen LogP contribution in [0, 0.1) is 0 Å². The van der Waals surface area contributed by atoms with Crippen LogP contribution in [0.25, 0.3) is 0 Å². The van der Waals surface area contributed by atoms with E-state index in [4.69, 9.17) is 10.5 Å². The van der Waals surface area contributed by atoms with Crippen molar-refractivity contribution in [1.29, 1.82) is 0 Å². The van der Waals surface area contributed by atoms with Gasteiger partial charge in [0, 0.05) is 26.1 Å². The molecule has 1 unspecified atom stereocenters. The molecule has 1 aromatic heterocycles. The Hall–Kier alpha value is -1.46. The van der Waals surface area contributed by atoms with Gasteiger partial charge in [0.05, 0.1) is 12.1 Å². The fraction of sp³-hybridized carbons (Fsp3) is 0.500. The molecule has 0 fully saturated rings. The Bertz CT molecular complexity index is 343. The molecule has 0 bridgehead atoms. The Balaban J connectivity index is 2.46. The summed E-state index contributed by atoms with van der Waals surface area (Å²) in [6.45, 7) is 2.38. The lowest BCUT2D eigenvalue weighted by Crippen LogP contribution is -2.42. The number of aromatic nitrogens is 1. The molecule has 5 heteroatoms. The first-order chi connectivity index (χ1) is 8.15. The van der Waals surface area contributed by atoms with Gasteiger partial charge in [0.1, 0.15) is 0 Å². The normalized spacial score (nSPS) is 14.1. The summed E-state index contributed by atoms with van der Waals surface area (Å²) in [6, 6.07) is 3.13. The average Bonchev–Trinajstić information content (AvgIpc) is 2.36. The number of rotatable bonds is 6. The molecule has 0 radical (unpaired) electrons. The summed E-state index contributed by atoms with van der Waals surface area (Å²) in [5.41, 5.74) is 6.68. The van der Waals surface area contributed by atoms with Gasteiger partial charge in [-0.25, -0.2) is 0 Å². The van der Waals surface area contributed by atoms with Crippen LogP contribution < -0.4 is 11.1 Å². The molecular formula is C12H19N3O2. The largest absolute Gasteiger partial charge is 0.385 e. The van der Waals surface area contributed by atoms with Crippen LogP contribution in [-0.4, -0.2) is 30.6 Å². The van der Waals surface area contributed by atoms with Crippen molar-refractivity contribution in [2.24, 2.45) is 5.73 Å². The van der Waals surface area contributed by atoms with Crippen LogP contribution in [0.3, 0.4) is 0 Å². The number of nitrogens with one attached hydrogen (secondary N) is 1.